The summed E-state index contributed by atoms with van der Waals surface area (Å²) in [5.41, 5.74) is 0. The molecule has 1 aliphatic rings. The van der Waals surface area contributed by atoms with Crippen LogP contribution in [0.1, 0.15) is 71.6 Å². The Kier molecular flexibility index (Phi) is 13.9. The number of unbranched alkanes of at least 4 members (excludes halogenated alkanes) is 7. The fourth-order valence-corrected chi connectivity index (χ4v) is 1.73. The van der Waals surface area contributed by atoms with E-state index in [4.69, 9.17) is 5.11 Å². The van der Waals surface area contributed by atoms with Crippen LogP contribution in [0.4, 0.5) is 0 Å². The summed E-state index contributed by atoms with van der Waals surface area (Å²) in [6.07, 6.45) is 11.9. The number of aliphatic hydroxyl groups excluding tert-OH is 1. The van der Waals surface area contributed by atoms with Crippen molar-refractivity contribution in [3.05, 3.63) is 0 Å². The Labute approximate surface area is 108 Å². The molecule has 0 aromatic rings. The van der Waals surface area contributed by atoms with Gasteiger partial charge >= 0.3 is 0 Å². The fraction of sp³-hybridized carbons (Fsp3) is 1.00. The Balaban J connectivity index is 0.000000728. The molecule has 0 amide bonds. The molecule has 1 aliphatic heterocycles. The van der Waals surface area contributed by atoms with Crippen molar-refractivity contribution in [2.45, 2.75) is 71.6 Å². The van der Waals surface area contributed by atoms with Gasteiger partial charge in [0.05, 0.1) is 13.2 Å². The summed E-state index contributed by atoms with van der Waals surface area (Å²) in [7, 11) is 0. The third kappa shape index (κ3) is 21.7. The van der Waals surface area contributed by atoms with Gasteiger partial charge in [-0.3, -0.25) is 0 Å². The Bertz CT molecular complexity index is 130. The summed E-state index contributed by atoms with van der Waals surface area (Å²) in [6.45, 7) is 6.97. The van der Waals surface area contributed by atoms with E-state index >= 15 is 0 Å². The number of ether oxygens (including phenoxy) is 1. The Hall–Kier alpha value is -0.0800. The first-order chi connectivity index (χ1) is 8.27. The maximum Gasteiger partial charge on any atom is 0.0701 e. The molecule has 0 radical (unpaired) electrons. The van der Waals surface area contributed by atoms with Crippen LogP contribution >= 0.6 is 0 Å². The van der Waals surface area contributed by atoms with Crippen LogP contribution < -0.4 is 0 Å². The third-order valence-corrected chi connectivity index (χ3v) is 2.89. The molecule has 104 valence electrons. The molecular weight excluding hydrogens is 212 g/mol. The molecule has 1 fully saturated rings. The first-order valence-electron chi connectivity index (χ1n) is 7.46. The summed E-state index contributed by atoms with van der Waals surface area (Å²) in [6, 6.07) is 0. The average molecular weight is 244 g/mol. The standard InChI is InChI=1S/C13H28O.C2H4O/c1-13(2)11-9-7-5-3-4-6-8-10-12-14;1-2-3-1/h13-14H,3-12H2,1-2H3;1-2H2. The minimum atomic E-state index is 0.369. The molecule has 0 atom stereocenters. The van der Waals surface area contributed by atoms with Crippen molar-refractivity contribution < 1.29 is 9.84 Å². The second-order valence-corrected chi connectivity index (χ2v) is 5.35. The number of epoxide rings is 1. The van der Waals surface area contributed by atoms with Crippen molar-refractivity contribution in [2.75, 3.05) is 19.8 Å². The van der Waals surface area contributed by atoms with Gasteiger partial charge in [-0.05, 0) is 12.3 Å². The number of hydrogen-bond donors (Lipinski definition) is 1. The molecule has 1 saturated heterocycles. The van der Waals surface area contributed by atoms with Crippen LogP contribution in [0.3, 0.4) is 0 Å². The maximum atomic E-state index is 8.59. The summed E-state index contributed by atoms with van der Waals surface area (Å²) in [4.78, 5) is 0. The van der Waals surface area contributed by atoms with Gasteiger partial charge in [0.25, 0.3) is 0 Å². The second kappa shape index (κ2) is 14.0. The van der Waals surface area contributed by atoms with E-state index in [0.29, 0.717) is 6.61 Å². The van der Waals surface area contributed by atoms with Gasteiger partial charge in [0.15, 0.2) is 0 Å². The van der Waals surface area contributed by atoms with Gasteiger partial charge in [0, 0.05) is 6.61 Å². The highest BCUT2D eigenvalue weighted by Crippen LogP contribution is 2.12. The zero-order chi connectivity index (χ0) is 12.8. The third-order valence-electron chi connectivity index (χ3n) is 2.89. The molecular formula is C15H32O2. The van der Waals surface area contributed by atoms with Crippen molar-refractivity contribution in [1.29, 1.82) is 0 Å². The topological polar surface area (TPSA) is 32.8 Å². The minimum Gasteiger partial charge on any atom is -0.396 e. The van der Waals surface area contributed by atoms with Crippen molar-refractivity contribution in [2.24, 2.45) is 5.92 Å². The summed E-state index contributed by atoms with van der Waals surface area (Å²) in [5, 5.41) is 8.59. The van der Waals surface area contributed by atoms with E-state index in [1.165, 1.54) is 51.4 Å². The lowest BCUT2D eigenvalue weighted by atomic mass is 10.0. The van der Waals surface area contributed by atoms with Gasteiger partial charge in [-0.15, -0.1) is 0 Å². The van der Waals surface area contributed by atoms with E-state index in [1.807, 2.05) is 0 Å². The Morgan fingerprint density at radius 3 is 1.59 bits per heavy atom. The second-order valence-electron chi connectivity index (χ2n) is 5.35. The smallest absolute Gasteiger partial charge is 0.0701 e. The number of aliphatic hydroxyl groups is 1. The number of hydrogen-bond acceptors (Lipinski definition) is 2. The van der Waals surface area contributed by atoms with Gasteiger partial charge in [-0.2, -0.15) is 0 Å². The Morgan fingerprint density at radius 1 is 0.824 bits per heavy atom. The minimum absolute atomic E-state index is 0.369. The lowest BCUT2D eigenvalue weighted by Gasteiger charge is -2.04. The zero-order valence-corrected chi connectivity index (χ0v) is 11.9. The molecule has 0 aromatic carbocycles. The normalized spacial score (nSPS) is 13.4. The van der Waals surface area contributed by atoms with Gasteiger partial charge in [-0.25, -0.2) is 0 Å². The van der Waals surface area contributed by atoms with Crippen molar-refractivity contribution >= 4 is 0 Å². The summed E-state index contributed by atoms with van der Waals surface area (Å²) >= 11 is 0. The maximum absolute atomic E-state index is 8.59. The van der Waals surface area contributed by atoms with E-state index in [1.54, 1.807) is 0 Å². The molecule has 1 rings (SSSR count). The van der Waals surface area contributed by atoms with Crippen molar-refractivity contribution in [3.63, 3.8) is 0 Å². The molecule has 1 heterocycles. The van der Waals surface area contributed by atoms with Crippen LogP contribution in [0, 0.1) is 5.92 Å². The highest BCUT2D eigenvalue weighted by Gasteiger charge is 1.95. The summed E-state index contributed by atoms with van der Waals surface area (Å²) < 4.78 is 4.50. The van der Waals surface area contributed by atoms with Gasteiger partial charge < -0.3 is 9.84 Å². The van der Waals surface area contributed by atoms with E-state index in [9.17, 15) is 0 Å². The van der Waals surface area contributed by atoms with Gasteiger partial charge in [-0.1, -0.05) is 65.2 Å². The molecule has 0 aliphatic carbocycles. The lowest BCUT2D eigenvalue weighted by molar-refractivity contribution is 0.282. The predicted octanol–water partition coefficient (Wildman–Crippen LogP) is 4.16. The molecule has 0 bridgehead atoms. The van der Waals surface area contributed by atoms with Crippen LogP contribution in [0.5, 0.6) is 0 Å². The largest absolute Gasteiger partial charge is 0.396 e. The highest BCUT2D eigenvalue weighted by atomic mass is 16.6. The fourth-order valence-electron chi connectivity index (χ4n) is 1.73. The van der Waals surface area contributed by atoms with E-state index < -0.39 is 0 Å². The summed E-state index contributed by atoms with van der Waals surface area (Å²) in [5.74, 6) is 0.875. The van der Waals surface area contributed by atoms with E-state index in [0.717, 1.165) is 25.6 Å². The van der Waals surface area contributed by atoms with E-state index in [2.05, 4.69) is 18.6 Å². The van der Waals surface area contributed by atoms with Crippen molar-refractivity contribution in [1.82, 2.24) is 0 Å². The van der Waals surface area contributed by atoms with Gasteiger partial charge in [0.2, 0.25) is 0 Å². The van der Waals surface area contributed by atoms with Crippen LogP contribution in [0.15, 0.2) is 0 Å². The van der Waals surface area contributed by atoms with Crippen LogP contribution in [-0.2, 0) is 4.74 Å². The zero-order valence-electron chi connectivity index (χ0n) is 11.9. The molecule has 0 unspecified atom stereocenters. The predicted molar refractivity (Wildman–Crippen MR) is 74.3 cm³/mol. The molecule has 0 aromatic heterocycles. The molecule has 0 saturated carbocycles. The first-order valence-corrected chi connectivity index (χ1v) is 7.46. The molecule has 0 spiro atoms. The number of rotatable bonds is 10. The van der Waals surface area contributed by atoms with Crippen molar-refractivity contribution in [3.8, 4) is 0 Å². The van der Waals surface area contributed by atoms with Gasteiger partial charge in [0.1, 0.15) is 0 Å². The van der Waals surface area contributed by atoms with Crippen LogP contribution in [0.2, 0.25) is 0 Å². The van der Waals surface area contributed by atoms with Crippen LogP contribution in [0.25, 0.3) is 0 Å². The SMILES string of the molecule is C1CO1.CC(C)CCCCCCCCCCO. The Morgan fingerprint density at radius 2 is 1.24 bits per heavy atom. The van der Waals surface area contributed by atoms with E-state index in [-0.39, 0.29) is 0 Å². The average Bonchev–Trinajstić information content (AvgIpc) is 3.14. The van der Waals surface area contributed by atoms with Crippen LogP contribution in [-0.4, -0.2) is 24.9 Å². The highest BCUT2D eigenvalue weighted by molar-refractivity contribution is 4.49. The molecule has 2 nitrogen and oxygen atoms in total. The monoisotopic (exact) mass is 244 g/mol. The molecule has 1 N–H and O–H groups in total. The molecule has 2 heteroatoms. The lowest BCUT2D eigenvalue weighted by Crippen LogP contribution is -1.87. The molecule has 17 heavy (non-hydrogen) atoms. The quantitative estimate of drug-likeness (QED) is 0.462. The first kappa shape index (κ1) is 16.9.